The average Bonchev–Trinajstić information content (AvgIpc) is 2.33. The van der Waals surface area contributed by atoms with E-state index in [0.717, 1.165) is 6.54 Å². The van der Waals surface area contributed by atoms with Crippen LogP contribution in [-0.4, -0.2) is 31.7 Å². The Hall–Kier alpha value is -1.17. The van der Waals surface area contributed by atoms with E-state index in [2.05, 4.69) is 10.6 Å². The Bertz CT molecular complexity index is 383. The Labute approximate surface area is 105 Å². The van der Waals surface area contributed by atoms with Crippen LogP contribution in [0.1, 0.15) is 0 Å². The van der Waals surface area contributed by atoms with Gasteiger partial charge in [-0.05, 0) is 12.1 Å². The molecule has 6 heteroatoms. The molecule has 0 saturated carbocycles. The van der Waals surface area contributed by atoms with Crippen molar-refractivity contribution in [3.63, 3.8) is 0 Å². The Morgan fingerprint density at radius 1 is 1.47 bits per heavy atom. The number of para-hydroxylation sites is 1. The zero-order chi connectivity index (χ0) is 11.4. The van der Waals surface area contributed by atoms with Crippen molar-refractivity contribution in [3.8, 4) is 0 Å². The fraction of sp³-hybridized carbons (Fsp3) is 0.364. The van der Waals surface area contributed by atoms with Crippen LogP contribution in [0, 0.1) is 5.82 Å². The summed E-state index contributed by atoms with van der Waals surface area (Å²) < 4.78 is 18.5. The van der Waals surface area contributed by atoms with Gasteiger partial charge in [-0.3, -0.25) is 4.79 Å². The van der Waals surface area contributed by atoms with Gasteiger partial charge in [0.15, 0.2) is 0 Å². The SMILES string of the molecule is Cl.O=C(Nc1ccccc1F)C1CNCCO1. The van der Waals surface area contributed by atoms with Gasteiger partial charge in [0.25, 0.3) is 5.91 Å². The summed E-state index contributed by atoms with van der Waals surface area (Å²) in [6, 6.07) is 6.06. The van der Waals surface area contributed by atoms with E-state index in [1.807, 2.05) is 0 Å². The maximum Gasteiger partial charge on any atom is 0.254 e. The molecule has 2 rings (SSSR count). The summed E-state index contributed by atoms with van der Waals surface area (Å²) >= 11 is 0. The van der Waals surface area contributed by atoms with Crippen molar-refractivity contribution in [1.29, 1.82) is 0 Å². The number of amides is 1. The minimum absolute atomic E-state index is 0. The second-order valence-corrected chi connectivity index (χ2v) is 3.53. The molecular weight excluding hydrogens is 247 g/mol. The lowest BCUT2D eigenvalue weighted by Crippen LogP contribution is -2.45. The van der Waals surface area contributed by atoms with Crippen LogP contribution in [0.25, 0.3) is 0 Å². The third-order valence-electron chi connectivity index (χ3n) is 2.35. The summed E-state index contributed by atoms with van der Waals surface area (Å²) in [6.07, 6.45) is -0.548. The molecule has 1 heterocycles. The van der Waals surface area contributed by atoms with Crippen LogP contribution < -0.4 is 10.6 Å². The van der Waals surface area contributed by atoms with Crippen molar-refractivity contribution in [1.82, 2.24) is 5.32 Å². The minimum atomic E-state index is -0.548. The van der Waals surface area contributed by atoms with Gasteiger partial charge in [-0.2, -0.15) is 0 Å². The summed E-state index contributed by atoms with van der Waals surface area (Å²) in [6.45, 7) is 1.69. The highest BCUT2D eigenvalue weighted by molar-refractivity contribution is 5.94. The molecular formula is C11H14ClFN2O2. The third kappa shape index (κ3) is 3.66. The van der Waals surface area contributed by atoms with E-state index in [9.17, 15) is 9.18 Å². The first-order chi connectivity index (χ1) is 7.77. The van der Waals surface area contributed by atoms with Gasteiger partial charge in [-0.1, -0.05) is 12.1 Å². The topological polar surface area (TPSA) is 50.4 Å². The lowest BCUT2D eigenvalue weighted by molar-refractivity contribution is -0.128. The Morgan fingerprint density at radius 3 is 2.88 bits per heavy atom. The fourth-order valence-corrected chi connectivity index (χ4v) is 1.51. The summed E-state index contributed by atoms with van der Waals surface area (Å²) in [4.78, 5) is 11.7. The van der Waals surface area contributed by atoms with Gasteiger partial charge in [0.1, 0.15) is 11.9 Å². The number of nitrogens with one attached hydrogen (secondary N) is 2. The van der Waals surface area contributed by atoms with E-state index >= 15 is 0 Å². The third-order valence-corrected chi connectivity index (χ3v) is 2.35. The van der Waals surface area contributed by atoms with Crippen LogP contribution in [0.15, 0.2) is 24.3 Å². The van der Waals surface area contributed by atoms with Gasteiger partial charge in [0.05, 0.1) is 12.3 Å². The molecule has 1 atom stereocenters. The van der Waals surface area contributed by atoms with E-state index in [4.69, 9.17) is 4.74 Å². The predicted octanol–water partition coefficient (Wildman–Crippen LogP) is 1.17. The molecule has 1 unspecified atom stereocenters. The Morgan fingerprint density at radius 2 is 2.24 bits per heavy atom. The Balaban J connectivity index is 0.00000144. The van der Waals surface area contributed by atoms with Gasteiger partial charge in [-0.15, -0.1) is 12.4 Å². The number of hydrogen-bond donors (Lipinski definition) is 2. The molecule has 1 aliphatic rings. The number of rotatable bonds is 2. The molecule has 0 bridgehead atoms. The van der Waals surface area contributed by atoms with Crippen LogP contribution in [0.5, 0.6) is 0 Å². The first-order valence-electron chi connectivity index (χ1n) is 5.15. The van der Waals surface area contributed by atoms with Crippen molar-refractivity contribution < 1.29 is 13.9 Å². The molecule has 0 radical (unpaired) electrons. The largest absolute Gasteiger partial charge is 0.366 e. The second-order valence-electron chi connectivity index (χ2n) is 3.53. The fourth-order valence-electron chi connectivity index (χ4n) is 1.51. The molecule has 0 aliphatic carbocycles. The molecule has 17 heavy (non-hydrogen) atoms. The van der Waals surface area contributed by atoms with Crippen LogP contribution in [0.2, 0.25) is 0 Å². The van der Waals surface area contributed by atoms with E-state index in [-0.39, 0.29) is 24.0 Å². The smallest absolute Gasteiger partial charge is 0.254 e. The molecule has 1 aromatic rings. The highest BCUT2D eigenvalue weighted by Gasteiger charge is 2.22. The number of benzene rings is 1. The quantitative estimate of drug-likeness (QED) is 0.839. The molecule has 1 aromatic carbocycles. The molecule has 0 aromatic heterocycles. The zero-order valence-corrected chi connectivity index (χ0v) is 9.93. The van der Waals surface area contributed by atoms with Gasteiger partial charge < -0.3 is 15.4 Å². The zero-order valence-electron chi connectivity index (χ0n) is 9.11. The van der Waals surface area contributed by atoms with E-state index < -0.39 is 11.9 Å². The molecule has 1 amide bonds. The van der Waals surface area contributed by atoms with Gasteiger partial charge in [0, 0.05) is 13.1 Å². The summed E-state index contributed by atoms with van der Waals surface area (Å²) in [5, 5.41) is 5.54. The molecule has 0 spiro atoms. The van der Waals surface area contributed by atoms with Crippen LogP contribution in [0.3, 0.4) is 0 Å². The Kier molecular flexibility index (Phi) is 5.34. The summed E-state index contributed by atoms with van der Waals surface area (Å²) in [7, 11) is 0. The van der Waals surface area contributed by atoms with Gasteiger partial charge >= 0.3 is 0 Å². The first kappa shape index (κ1) is 13.9. The number of carbonyl (C=O) groups excluding carboxylic acids is 1. The van der Waals surface area contributed by atoms with Crippen molar-refractivity contribution in [2.45, 2.75) is 6.10 Å². The number of anilines is 1. The number of ether oxygens (including phenoxy) is 1. The van der Waals surface area contributed by atoms with Crippen LogP contribution in [0.4, 0.5) is 10.1 Å². The monoisotopic (exact) mass is 260 g/mol. The molecule has 4 nitrogen and oxygen atoms in total. The summed E-state index contributed by atoms with van der Waals surface area (Å²) in [5.41, 5.74) is 0.182. The first-order valence-corrected chi connectivity index (χ1v) is 5.15. The second kappa shape index (κ2) is 6.54. The lowest BCUT2D eigenvalue weighted by Gasteiger charge is -2.22. The average molecular weight is 261 g/mol. The molecule has 1 saturated heterocycles. The maximum absolute atomic E-state index is 13.2. The number of carbonyl (C=O) groups is 1. The number of morpholine rings is 1. The highest BCUT2D eigenvalue weighted by atomic mass is 35.5. The van der Waals surface area contributed by atoms with E-state index in [0.29, 0.717) is 13.2 Å². The van der Waals surface area contributed by atoms with Gasteiger partial charge in [-0.25, -0.2) is 4.39 Å². The van der Waals surface area contributed by atoms with Crippen LogP contribution >= 0.6 is 12.4 Å². The normalized spacial score (nSPS) is 19.2. The molecule has 2 N–H and O–H groups in total. The maximum atomic E-state index is 13.2. The summed E-state index contributed by atoms with van der Waals surface area (Å²) in [5.74, 6) is -0.767. The van der Waals surface area contributed by atoms with Crippen molar-refractivity contribution >= 4 is 24.0 Å². The lowest BCUT2D eigenvalue weighted by atomic mass is 10.2. The highest BCUT2D eigenvalue weighted by Crippen LogP contribution is 2.13. The van der Waals surface area contributed by atoms with Crippen molar-refractivity contribution in [3.05, 3.63) is 30.1 Å². The molecule has 1 aliphatic heterocycles. The van der Waals surface area contributed by atoms with Crippen LogP contribution in [-0.2, 0) is 9.53 Å². The number of halogens is 2. The molecule has 94 valence electrons. The van der Waals surface area contributed by atoms with Crippen molar-refractivity contribution in [2.75, 3.05) is 25.0 Å². The van der Waals surface area contributed by atoms with Gasteiger partial charge in [0.2, 0.25) is 0 Å². The predicted molar refractivity (Wildman–Crippen MR) is 64.9 cm³/mol. The van der Waals surface area contributed by atoms with E-state index in [1.165, 1.54) is 12.1 Å². The standard InChI is InChI=1S/C11H13FN2O2.ClH/c12-8-3-1-2-4-9(8)14-11(15)10-7-13-5-6-16-10;/h1-4,10,13H,5-7H2,(H,14,15);1H. The molecule has 1 fully saturated rings. The minimum Gasteiger partial charge on any atom is -0.366 e. The van der Waals surface area contributed by atoms with Crippen molar-refractivity contribution in [2.24, 2.45) is 0 Å². The van der Waals surface area contributed by atoms with E-state index in [1.54, 1.807) is 12.1 Å². The number of hydrogen-bond acceptors (Lipinski definition) is 3.